The molecule has 0 bridgehead atoms. The molecule has 2 fully saturated rings. The molecule has 1 heterocycles. The molecule has 1 aliphatic carbocycles. The van der Waals surface area contributed by atoms with Crippen LogP contribution in [0.2, 0.25) is 5.02 Å². The maximum atomic E-state index is 13.2. The van der Waals surface area contributed by atoms with Crippen LogP contribution in [0, 0.1) is 22.0 Å². The summed E-state index contributed by atoms with van der Waals surface area (Å²) in [6.07, 6.45) is 5.64. The number of carbonyl (C=O) groups is 1. The van der Waals surface area contributed by atoms with Gasteiger partial charge in [0.15, 0.2) is 0 Å². The SMILES string of the molecule is CN(CC1CCC(Nc2ccc([N+](=O)[O-])c(CF)c2)CC1)C(=O)C1CCN(c2ccc(Cl)cc2)CC1. The molecule has 2 aromatic carbocycles. The standard InChI is InChI=1S/C27H34ClFN4O3/c1-31(27(34)20-12-14-32(15-13-20)25-9-4-22(28)5-10-25)18-19-2-6-23(7-3-19)30-24-8-11-26(33(35)36)21(16-24)17-29/h4-5,8-11,16,19-20,23,30H,2-3,6-7,12-15,17-18H2,1H3. The molecule has 4 rings (SSSR count). The molecule has 1 saturated carbocycles. The minimum atomic E-state index is -0.862. The van der Waals surface area contributed by atoms with Crippen LogP contribution in [0.25, 0.3) is 0 Å². The number of halogens is 2. The van der Waals surface area contributed by atoms with E-state index in [4.69, 9.17) is 11.6 Å². The predicted molar refractivity (Wildman–Crippen MR) is 141 cm³/mol. The molecule has 0 unspecified atom stereocenters. The Morgan fingerprint density at radius 1 is 1.11 bits per heavy atom. The van der Waals surface area contributed by atoms with Crippen LogP contribution in [-0.2, 0) is 11.5 Å². The summed E-state index contributed by atoms with van der Waals surface area (Å²) in [7, 11) is 1.92. The molecule has 36 heavy (non-hydrogen) atoms. The van der Waals surface area contributed by atoms with Gasteiger partial charge in [0.2, 0.25) is 5.91 Å². The Balaban J connectivity index is 1.21. The predicted octanol–water partition coefficient (Wildman–Crippen LogP) is 6.06. The summed E-state index contributed by atoms with van der Waals surface area (Å²) >= 11 is 6.00. The third-order valence-corrected chi connectivity index (χ3v) is 7.83. The first-order chi connectivity index (χ1) is 17.3. The minimum Gasteiger partial charge on any atom is -0.382 e. The van der Waals surface area contributed by atoms with E-state index in [1.807, 2.05) is 36.2 Å². The van der Waals surface area contributed by atoms with E-state index in [1.165, 1.54) is 12.1 Å². The number of carbonyl (C=O) groups excluding carboxylic acids is 1. The zero-order valence-electron chi connectivity index (χ0n) is 20.7. The Morgan fingerprint density at radius 3 is 2.39 bits per heavy atom. The third kappa shape index (κ3) is 6.46. The molecule has 1 amide bonds. The van der Waals surface area contributed by atoms with Crippen LogP contribution in [0.1, 0.15) is 44.1 Å². The first-order valence-corrected chi connectivity index (χ1v) is 13.1. The van der Waals surface area contributed by atoms with Gasteiger partial charge in [-0.1, -0.05) is 11.6 Å². The third-order valence-electron chi connectivity index (χ3n) is 7.58. The number of hydrogen-bond acceptors (Lipinski definition) is 5. The van der Waals surface area contributed by atoms with E-state index in [9.17, 15) is 19.3 Å². The molecule has 194 valence electrons. The average molecular weight is 517 g/mol. The summed E-state index contributed by atoms with van der Waals surface area (Å²) in [6.45, 7) is 1.65. The molecule has 1 N–H and O–H groups in total. The highest BCUT2D eigenvalue weighted by Gasteiger charge is 2.29. The fourth-order valence-corrected chi connectivity index (χ4v) is 5.64. The van der Waals surface area contributed by atoms with Gasteiger partial charge >= 0.3 is 0 Å². The van der Waals surface area contributed by atoms with Gasteiger partial charge in [0.05, 0.1) is 10.5 Å². The van der Waals surface area contributed by atoms with Crippen molar-refractivity contribution in [1.29, 1.82) is 0 Å². The molecule has 0 atom stereocenters. The van der Waals surface area contributed by atoms with Crippen LogP contribution in [0.5, 0.6) is 0 Å². The normalized spacial score (nSPS) is 20.7. The van der Waals surface area contributed by atoms with Crippen LogP contribution in [-0.4, -0.2) is 48.5 Å². The van der Waals surface area contributed by atoms with Gasteiger partial charge in [-0.05, 0) is 80.8 Å². The van der Waals surface area contributed by atoms with Gasteiger partial charge in [0.25, 0.3) is 5.69 Å². The van der Waals surface area contributed by atoms with Crippen LogP contribution >= 0.6 is 11.6 Å². The van der Waals surface area contributed by atoms with Crippen LogP contribution in [0.3, 0.4) is 0 Å². The highest BCUT2D eigenvalue weighted by Crippen LogP contribution is 2.31. The van der Waals surface area contributed by atoms with Crippen molar-refractivity contribution in [2.75, 3.05) is 36.9 Å². The van der Waals surface area contributed by atoms with E-state index in [1.54, 1.807) is 6.07 Å². The minimum absolute atomic E-state index is 0.0726. The number of piperidine rings is 1. The molecule has 7 nitrogen and oxygen atoms in total. The average Bonchev–Trinajstić information content (AvgIpc) is 2.89. The van der Waals surface area contributed by atoms with E-state index >= 15 is 0 Å². The van der Waals surface area contributed by atoms with Crippen molar-refractivity contribution in [1.82, 2.24) is 4.90 Å². The quantitative estimate of drug-likeness (QED) is 0.340. The summed E-state index contributed by atoms with van der Waals surface area (Å²) in [5.41, 5.74) is 1.78. The highest BCUT2D eigenvalue weighted by atomic mass is 35.5. The second-order valence-electron chi connectivity index (χ2n) is 10.1. The Bertz CT molecular complexity index is 1050. The van der Waals surface area contributed by atoms with Crippen molar-refractivity contribution >= 4 is 34.6 Å². The van der Waals surface area contributed by atoms with Crippen molar-refractivity contribution in [3.05, 3.63) is 63.2 Å². The number of hydrogen-bond donors (Lipinski definition) is 1. The van der Waals surface area contributed by atoms with Gasteiger partial charge in [-0.3, -0.25) is 14.9 Å². The monoisotopic (exact) mass is 516 g/mol. The number of benzene rings is 2. The zero-order chi connectivity index (χ0) is 25.7. The number of alkyl halides is 1. The summed E-state index contributed by atoms with van der Waals surface area (Å²) in [6, 6.07) is 12.7. The van der Waals surface area contributed by atoms with Crippen LogP contribution in [0.15, 0.2) is 42.5 Å². The van der Waals surface area contributed by atoms with E-state index in [0.717, 1.165) is 68.9 Å². The van der Waals surface area contributed by atoms with Crippen LogP contribution in [0.4, 0.5) is 21.5 Å². The van der Waals surface area contributed by atoms with Gasteiger partial charge < -0.3 is 15.1 Å². The van der Waals surface area contributed by atoms with Crippen molar-refractivity contribution in [2.45, 2.75) is 51.2 Å². The maximum absolute atomic E-state index is 13.2. The molecule has 0 spiro atoms. The number of nitro groups is 1. The van der Waals surface area contributed by atoms with Gasteiger partial charge in [-0.15, -0.1) is 0 Å². The first kappa shape index (κ1) is 26.2. The lowest BCUT2D eigenvalue weighted by atomic mass is 9.85. The topological polar surface area (TPSA) is 78.7 Å². The number of nitrogens with one attached hydrogen (secondary N) is 1. The summed E-state index contributed by atoms with van der Waals surface area (Å²) < 4.78 is 13.2. The largest absolute Gasteiger partial charge is 0.382 e. The fourth-order valence-electron chi connectivity index (χ4n) is 5.51. The molecule has 1 saturated heterocycles. The van der Waals surface area contributed by atoms with Crippen molar-refractivity contribution in [2.24, 2.45) is 11.8 Å². The van der Waals surface area contributed by atoms with E-state index in [-0.39, 0.29) is 29.1 Å². The van der Waals surface area contributed by atoms with Crippen molar-refractivity contribution in [3.8, 4) is 0 Å². The van der Waals surface area contributed by atoms with Crippen molar-refractivity contribution in [3.63, 3.8) is 0 Å². The van der Waals surface area contributed by atoms with Gasteiger partial charge in [-0.2, -0.15) is 0 Å². The van der Waals surface area contributed by atoms with Gasteiger partial charge in [-0.25, -0.2) is 4.39 Å². The summed E-state index contributed by atoms with van der Waals surface area (Å²) in [5, 5.41) is 15.2. The number of anilines is 2. The molecule has 9 heteroatoms. The lowest BCUT2D eigenvalue weighted by Gasteiger charge is -2.36. The molecular weight excluding hydrogens is 483 g/mol. The number of amides is 1. The molecule has 0 aromatic heterocycles. The van der Waals surface area contributed by atoms with E-state index < -0.39 is 11.6 Å². The zero-order valence-corrected chi connectivity index (χ0v) is 21.4. The Morgan fingerprint density at radius 2 is 1.78 bits per heavy atom. The molecule has 2 aromatic rings. The highest BCUT2D eigenvalue weighted by molar-refractivity contribution is 6.30. The lowest BCUT2D eigenvalue weighted by molar-refractivity contribution is -0.385. The molecule has 0 radical (unpaired) electrons. The van der Waals surface area contributed by atoms with Crippen LogP contribution < -0.4 is 10.2 Å². The fraction of sp³-hybridized carbons (Fsp3) is 0.519. The van der Waals surface area contributed by atoms with Gasteiger partial charge in [0.1, 0.15) is 6.67 Å². The number of rotatable bonds is 8. The molecule has 1 aliphatic heterocycles. The second-order valence-corrected chi connectivity index (χ2v) is 10.5. The molecular formula is C27H34ClFN4O3. The Hall–Kier alpha value is -2.87. The lowest BCUT2D eigenvalue weighted by Crippen LogP contribution is -2.43. The van der Waals surface area contributed by atoms with E-state index in [2.05, 4.69) is 10.2 Å². The Kier molecular flexibility index (Phi) is 8.67. The summed E-state index contributed by atoms with van der Waals surface area (Å²) in [4.78, 5) is 27.8. The summed E-state index contributed by atoms with van der Waals surface area (Å²) in [5.74, 6) is 0.781. The second kappa shape index (κ2) is 11.9. The number of nitrogens with zero attached hydrogens (tertiary/aromatic N) is 3. The van der Waals surface area contributed by atoms with Gasteiger partial charge in [0, 0.05) is 61.1 Å². The number of nitro benzene ring substituents is 1. The maximum Gasteiger partial charge on any atom is 0.275 e. The molecule has 2 aliphatic rings. The van der Waals surface area contributed by atoms with Crippen molar-refractivity contribution < 1.29 is 14.1 Å². The Labute approximate surface area is 216 Å². The van der Waals surface area contributed by atoms with E-state index in [0.29, 0.717) is 11.6 Å². The smallest absolute Gasteiger partial charge is 0.275 e. The first-order valence-electron chi connectivity index (χ1n) is 12.7.